The number of hydrogen-bond donors (Lipinski definition) is 1. The highest BCUT2D eigenvalue weighted by Gasteiger charge is 2.03. The van der Waals surface area contributed by atoms with E-state index in [0.717, 1.165) is 35.6 Å². The molecule has 2 rings (SSSR count). The van der Waals surface area contributed by atoms with Crippen molar-refractivity contribution in [2.75, 3.05) is 13.6 Å². The van der Waals surface area contributed by atoms with Crippen LogP contribution < -0.4 is 5.32 Å². The molecule has 1 aromatic heterocycles. The molecule has 0 fully saturated rings. The summed E-state index contributed by atoms with van der Waals surface area (Å²) in [7, 11) is 1.98. The maximum atomic E-state index is 5.96. The predicted molar refractivity (Wildman–Crippen MR) is 73.7 cm³/mol. The average Bonchev–Trinajstić information content (AvgIpc) is 2.30. The maximum Gasteiger partial charge on any atom is 0.0720 e. The highest BCUT2D eigenvalue weighted by Crippen LogP contribution is 2.21. The minimum atomic E-state index is 0.743. The molecule has 0 bridgehead atoms. The molecule has 0 radical (unpaired) electrons. The molecule has 0 aliphatic carbocycles. The molecule has 1 N–H and O–H groups in total. The van der Waals surface area contributed by atoms with Crippen molar-refractivity contribution in [2.24, 2.45) is 0 Å². The van der Waals surface area contributed by atoms with Crippen molar-refractivity contribution in [3.05, 3.63) is 40.5 Å². The Hall–Kier alpha value is -1.12. The summed E-state index contributed by atoms with van der Waals surface area (Å²) in [6.45, 7) is 3.10. The van der Waals surface area contributed by atoms with Crippen LogP contribution in [0.2, 0.25) is 5.02 Å². The molecule has 3 heteroatoms. The standard InChI is InChI=1S/C14H17ClN2/c1-10-11(4-3-7-16-2)8-12-5-6-13(15)9-14(12)17-10/h5-6,8-9,16H,3-4,7H2,1-2H3. The smallest absolute Gasteiger partial charge is 0.0720 e. The Balaban J connectivity index is 2.31. The van der Waals surface area contributed by atoms with Gasteiger partial charge in [0.15, 0.2) is 0 Å². The van der Waals surface area contributed by atoms with E-state index in [9.17, 15) is 0 Å². The molecule has 0 aliphatic heterocycles. The molecule has 2 aromatic rings. The third kappa shape index (κ3) is 2.96. The third-order valence-electron chi connectivity index (χ3n) is 2.95. The van der Waals surface area contributed by atoms with E-state index in [4.69, 9.17) is 11.6 Å². The second-order valence-corrected chi connectivity index (χ2v) is 4.71. The molecule has 1 heterocycles. The van der Waals surface area contributed by atoms with Crippen molar-refractivity contribution in [3.8, 4) is 0 Å². The molecule has 0 unspecified atom stereocenters. The van der Waals surface area contributed by atoms with E-state index in [1.54, 1.807) is 0 Å². The van der Waals surface area contributed by atoms with Crippen molar-refractivity contribution >= 4 is 22.5 Å². The van der Waals surface area contributed by atoms with Crippen molar-refractivity contribution < 1.29 is 0 Å². The number of fused-ring (bicyclic) bond motifs is 1. The number of aryl methyl sites for hydroxylation is 2. The number of pyridine rings is 1. The average molecular weight is 249 g/mol. The van der Waals surface area contributed by atoms with E-state index in [0.29, 0.717) is 0 Å². The Morgan fingerprint density at radius 1 is 1.29 bits per heavy atom. The van der Waals surface area contributed by atoms with Crippen LogP contribution in [0.3, 0.4) is 0 Å². The quantitative estimate of drug-likeness (QED) is 0.840. The van der Waals surface area contributed by atoms with E-state index in [1.165, 1.54) is 10.9 Å². The predicted octanol–water partition coefficient (Wildman–Crippen LogP) is 3.35. The van der Waals surface area contributed by atoms with Gasteiger partial charge in [0.1, 0.15) is 0 Å². The molecule has 0 atom stereocenters. The second-order valence-electron chi connectivity index (χ2n) is 4.28. The fourth-order valence-electron chi connectivity index (χ4n) is 1.99. The van der Waals surface area contributed by atoms with Crippen molar-refractivity contribution in [1.82, 2.24) is 10.3 Å². The lowest BCUT2D eigenvalue weighted by Gasteiger charge is -2.07. The van der Waals surface area contributed by atoms with E-state index in [1.807, 2.05) is 25.2 Å². The zero-order valence-corrected chi connectivity index (χ0v) is 11.0. The van der Waals surface area contributed by atoms with E-state index in [2.05, 4.69) is 23.3 Å². The van der Waals surface area contributed by atoms with Gasteiger partial charge in [0.25, 0.3) is 0 Å². The van der Waals surface area contributed by atoms with Gasteiger partial charge < -0.3 is 5.32 Å². The Bertz CT molecular complexity index is 523. The van der Waals surface area contributed by atoms with Crippen LogP contribution in [0.5, 0.6) is 0 Å². The van der Waals surface area contributed by atoms with Gasteiger partial charge in [-0.1, -0.05) is 17.7 Å². The number of benzene rings is 1. The van der Waals surface area contributed by atoms with Crippen LogP contribution in [0.25, 0.3) is 10.9 Å². The Labute approximate surface area is 107 Å². The molecule has 90 valence electrons. The summed E-state index contributed by atoms with van der Waals surface area (Å²) in [5, 5.41) is 5.07. The first-order valence-electron chi connectivity index (χ1n) is 5.91. The molecule has 17 heavy (non-hydrogen) atoms. The molecule has 0 aliphatic rings. The Morgan fingerprint density at radius 2 is 2.12 bits per heavy atom. The van der Waals surface area contributed by atoms with Gasteiger partial charge in [0.2, 0.25) is 0 Å². The molecule has 0 saturated carbocycles. The van der Waals surface area contributed by atoms with Gasteiger partial charge in [0.05, 0.1) is 5.52 Å². The fourth-order valence-corrected chi connectivity index (χ4v) is 2.16. The lowest BCUT2D eigenvalue weighted by Crippen LogP contribution is -2.09. The summed E-state index contributed by atoms with van der Waals surface area (Å²) in [5.74, 6) is 0. The summed E-state index contributed by atoms with van der Waals surface area (Å²) in [6, 6.07) is 8.09. The lowest BCUT2D eigenvalue weighted by atomic mass is 10.1. The van der Waals surface area contributed by atoms with Crippen molar-refractivity contribution in [3.63, 3.8) is 0 Å². The number of aromatic nitrogens is 1. The Kier molecular flexibility index (Phi) is 3.97. The number of rotatable bonds is 4. The summed E-state index contributed by atoms with van der Waals surface area (Å²) in [6.07, 6.45) is 2.20. The first kappa shape index (κ1) is 12.3. The van der Waals surface area contributed by atoms with Crippen LogP contribution >= 0.6 is 11.6 Å². The number of halogens is 1. The SMILES string of the molecule is CNCCCc1cc2ccc(Cl)cc2nc1C. The summed E-state index contributed by atoms with van der Waals surface area (Å²) < 4.78 is 0. The topological polar surface area (TPSA) is 24.9 Å². The number of nitrogens with zero attached hydrogens (tertiary/aromatic N) is 1. The van der Waals surface area contributed by atoms with Crippen LogP contribution in [0, 0.1) is 6.92 Å². The molecule has 0 amide bonds. The maximum absolute atomic E-state index is 5.96. The van der Waals surface area contributed by atoms with Crippen LogP contribution in [-0.2, 0) is 6.42 Å². The molecule has 0 spiro atoms. The summed E-state index contributed by atoms with van der Waals surface area (Å²) >= 11 is 5.96. The molecular formula is C14H17ClN2. The zero-order chi connectivity index (χ0) is 12.3. The van der Waals surface area contributed by atoms with Crippen LogP contribution in [0.15, 0.2) is 24.3 Å². The van der Waals surface area contributed by atoms with Gasteiger partial charge in [-0.05, 0) is 57.1 Å². The van der Waals surface area contributed by atoms with Gasteiger partial charge in [0, 0.05) is 16.1 Å². The van der Waals surface area contributed by atoms with Gasteiger partial charge in [-0.15, -0.1) is 0 Å². The van der Waals surface area contributed by atoms with Gasteiger partial charge in [-0.25, -0.2) is 0 Å². The third-order valence-corrected chi connectivity index (χ3v) is 3.18. The second kappa shape index (κ2) is 5.48. The first-order chi connectivity index (χ1) is 8.20. The Morgan fingerprint density at radius 3 is 2.88 bits per heavy atom. The minimum absolute atomic E-state index is 0.743. The van der Waals surface area contributed by atoms with Crippen molar-refractivity contribution in [1.29, 1.82) is 0 Å². The monoisotopic (exact) mass is 248 g/mol. The largest absolute Gasteiger partial charge is 0.320 e. The molecular weight excluding hydrogens is 232 g/mol. The minimum Gasteiger partial charge on any atom is -0.320 e. The summed E-state index contributed by atoms with van der Waals surface area (Å²) in [4.78, 5) is 4.61. The molecule has 0 saturated heterocycles. The number of hydrogen-bond acceptors (Lipinski definition) is 2. The molecule has 2 nitrogen and oxygen atoms in total. The molecule has 1 aromatic carbocycles. The normalized spacial score (nSPS) is 11.0. The van der Waals surface area contributed by atoms with Gasteiger partial charge in [-0.2, -0.15) is 0 Å². The van der Waals surface area contributed by atoms with Gasteiger partial charge in [-0.3, -0.25) is 4.98 Å². The van der Waals surface area contributed by atoms with Crippen LogP contribution in [0.4, 0.5) is 0 Å². The van der Waals surface area contributed by atoms with Crippen molar-refractivity contribution in [2.45, 2.75) is 19.8 Å². The van der Waals surface area contributed by atoms with Crippen LogP contribution in [-0.4, -0.2) is 18.6 Å². The highest BCUT2D eigenvalue weighted by atomic mass is 35.5. The summed E-state index contributed by atoms with van der Waals surface area (Å²) in [5.41, 5.74) is 3.42. The first-order valence-corrected chi connectivity index (χ1v) is 6.29. The number of nitrogens with one attached hydrogen (secondary N) is 1. The fraction of sp³-hybridized carbons (Fsp3) is 0.357. The van der Waals surface area contributed by atoms with Crippen LogP contribution in [0.1, 0.15) is 17.7 Å². The highest BCUT2D eigenvalue weighted by molar-refractivity contribution is 6.31. The van der Waals surface area contributed by atoms with E-state index >= 15 is 0 Å². The van der Waals surface area contributed by atoms with Gasteiger partial charge >= 0.3 is 0 Å². The zero-order valence-electron chi connectivity index (χ0n) is 10.3. The van der Waals surface area contributed by atoms with E-state index < -0.39 is 0 Å². The lowest BCUT2D eigenvalue weighted by molar-refractivity contribution is 0.721. The van der Waals surface area contributed by atoms with E-state index in [-0.39, 0.29) is 0 Å².